The van der Waals surface area contributed by atoms with E-state index in [0.717, 1.165) is 10.5 Å². The van der Waals surface area contributed by atoms with Crippen molar-refractivity contribution in [2.45, 2.75) is 26.9 Å². The second-order valence-electron chi connectivity index (χ2n) is 8.71. The first-order chi connectivity index (χ1) is 18.3. The Bertz CT molecular complexity index is 1380. The van der Waals surface area contributed by atoms with E-state index >= 15 is 0 Å². The van der Waals surface area contributed by atoms with Crippen molar-refractivity contribution in [1.82, 2.24) is 9.47 Å². The highest BCUT2D eigenvalue weighted by Gasteiger charge is 2.20. The zero-order valence-corrected chi connectivity index (χ0v) is 22.4. The number of rotatable bonds is 11. The molecule has 0 radical (unpaired) electrons. The second-order valence-corrected chi connectivity index (χ2v) is 10.00. The van der Waals surface area contributed by atoms with Crippen molar-refractivity contribution in [3.8, 4) is 27.8 Å². The topological polar surface area (TPSA) is 90.2 Å². The smallest absolute Gasteiger partial charge is 0.416 e. The third kappa shape index (κ3) is 6.95. The van der Waals surface area contributed by atoms with Gasteiger partial charge < -0.3 is 23.9 Å². The standard InChI is InChI=1S/C29H30N2O6S/c1-20-4-14-26(27-15-5-21(2)38-27)31(20)16-17-36-24-8-6-22(7-9-24)18-30(19-28(32)33)29(34)37-25-12-10-23(35-3)11-13-25/h4-15H,16-19H2,1-3H3,(H,32,33). The van der Waals surface area contributed by atoms with Crippen LogP contribution < -0.4 is 14.2 Å². The molecule has 2 aromatic heterocycles. The highest BCUT2D eigenvalue weighted by molar-refractivity contribution is 7.15. The monoisotopic (exact) mass is 534 g/mol. The summed E-state index contributed by atoms with van der Waals surface area (Å²) in [7, 11) is 1.54. The van der Waals surface area contributed by atoms with Gasteiger partial charge in [-0.2, -0.15) is 0 Å². The molecule has 2 aromatic carbocycles. The molecule has 0 atom stereocenters. The average molecular weight is 535 g/mol. The van der Waals surface area contributed by atoms with Gasteiger partial charge in [0.2, 0.25) is 0 Å². The van der Waals surface area contributed by atoms with Crippen LogP contribution in [0.4, 0.5) is 4.79 Å². The predicted molar refractivity (Wildman–Crippen MR) is 146 cm³/mol. The Morgan fingerprint density at radius 2 is 1.58 bits per heavy atom. The normalized spacial score (nSPS) is 10.7. The summed E-state index contributed by atoms with van der Waals surface area (Å²) < 4.78 is 18.7. The molecule has 0 aliphatic heterocycles. The van der Waals surface area contributed by atoms with Crippen LogP contribution in [0, 0.1) is 13.8 Å². The highest BCUT2D eigenvalue weighted by atomic mass is 32.1. The van der Waals surface area contributed by atoms with Crippen LogP contribution in [0.2, 0.25) is 0 Å². The first kappa shape index (κ1) is 26.8. The maximum atomic E-state index is 12.7. The number of amides is 1. The number of hydrogen-bond acceptors (Lipinski definition) is 6. The van der Waals surface area contributed by atoms with Gasteiger partial charge in [0.1, 0.15) is 30.4 Å². The number of nitrogens with zero attached hydrogens (tertiary/aromatic N) is 2. The lowest BCUT2D eigenvalue weighted by atomic mass is 10.2. The Kier molecular flexibility index (Phi) is 8.70. The number of ether oxygens (including phenoxy) is 3. The zero-order valence-electron chi connectivity index (χ0n) is 21.5. The maximum absolute atomic E-state index is 12.7. The average Bonchev–Trinajstić information content (AvgIpc) is 3.49. The van der Waals surface area contributed by atoms with Crippen molar-refractivity contribution >= 4 is 23.4 Å². The van der Waals surface area contributed by atoms with E-state index < -0.39 is 18.6 Å². The number of carbonyl (C=O) groups is 2. The molecule has 0 spiro atoms. The summed E-state index contributed by atoms with van der Waals surface area (Å²) in [5, 5.41) is 9.29. The Morgan fingerprint density at radius 3 is 2.21 bits per heavy atom. The van der Waals surface area contributed by atoms with Crippen molar-refractivity contribution in [1.29, 1.82) is 0 Å². The Balaban J connectivity index is 1.34. The van der Waals surface area contributed by atoms with E-state index in [0.29, 0.717) is 30.4 Å². The van der Waals surface area contributed by atoms with Gasteiger partial charge >= 0.3 is 12.1 Å². The minimum atomic E-state index is -1.13. The minimum absolute atomic E-state index is 0.0771. The molecule has 0 aliphatic carbocycles. The molecule has 8 nitrogen and oxygen atoms in total. The number of benzene rings is 2. The van der Waals surface area contributed by atoms with E-state index in [4.69, 9.17) is 14.2 Å². The molecule has 38 heavy (non-hydrogen) atoms. The van der Waals surface area contributed by atoms with Gasteiger partial charge in [0.15, 0.2) is 0 Å². The number of aliphatic carboxylic acids is 1. The Morgan fingerprint density at radius 1 is 0.895 bits per heavy atom. The van der Waals surface area contributed by atoms with Crippen molar-refractivity contribution in [2.24, 2.45) is 0 Å². The molecule has 0 fully saturated rings. The van der Waals surface area contributed by atoms with Crippen LogP contribution in [0.1, 0.15) is 16.1 Å². The molecule has 0 unspecified atom stereocenters. The first-order valence-corrected chi connectivity index (χ1v) is 12.9. The summed E-state index contributed by atoms with van der Waals surface area (Å²) in [6.45, 7) is 4.97. The van der Waals surface area contributed by atoms with E-state index in [9.17, 15) is 14.7 Å². The van der Waals surface area contributed by atoms with Gasteiger partial charge in [-0.15, -0.1) is 11.3 Å². The molecule has 9 heteroatoms. The number of aromatic nitrogens is 1. The van der Waals surface area contributed by atoms with E-state index in [1.54, 1.807) is 35.6 Å². The van der Waals surface area contributed by atoms with Gasteiger partial charge in [-0.05, 0) is 80.1 Å². The SMILES string of the molecule is COc1ccc(OC(=O)N(CC(=O)O)Cc2ccc(OCCn3c(C)ccc3-c3ccc(C)s3)cc2)cc1. The Labute approximate surface area is 225 Å². The number of thiophene rings is 1. The van der Waals surface area contributed by atoms with Gasteiger partial charge in [0, 0.05) is 17.1 Å². The van der Waals surface area contributed by atoms with Crippen LogP contribution in [-0.2, 0) is 17.9 Å². The molecule has 0 saturated carbocycles. The third-order valence-corrected chi connectivity index (χ3v) is 6.94. The van der Waals surface area contributed by atoms with Gasteiger partial charge in [-0.25, -0.2) is 4.79 Å². The molecular weight excluding hydrogens is 504 g/mol. The quantitative estimate of drug-likeness (QED) is 0.254. The predicted octanol–water partition coefficient (Wildman–Crippen LogP) is 6.01. The summed E-state index contributed by atoms with van der Waals surface area (Å²) in [4.78, 5) is 27.7. The van der Waals surface area contributed by atoms with E-state index in [1.165, 1.54) is 28.3 Å². The van der Waals surface area contributed by atoms with Gasteiger partial charge in [-0.1, -0.05) is 12.1 Å². The molecular formula is C29H30N2O6S. The van der Waals surface area contributed by atoms with Crippen LogP contribution in [0.3, 0.4) is 0 Å². The summed E-state index contributed by atoms with van der Waals surface area (Å²) in [5.41, 5.74) is 3.10. The lowest BCUT2D eigenvalue weighted by molar-refractivity contribution is -0.138. The lowest BCUT2D eigenvalue weighted by Crippen LogP contribution is -2.37. The zero-order chi connectivity index (χ0) is 27.1. The molecule has 4 rings (SSSR count). The van der Waals surface area contributed by atoms with E-state index in [-0.39, 0.29) is 6.54 Å². The summed E-state index contributed by atoms with van der Waals surface area (Å²) in [5.74, 6) is 0.480. The maximum Gasteiger partial charge on any atom is 0.416 e. The van der Waals surface area contributed by atoms with Crippen LogP contribution >= 0.6 is 11.3 Å². The Hall–Kier alpha value is -4.24. The number of aryl methyl sites for hydroxylation is 2. The van der Waals surface area contributed by atoms with Crippen molar-refractivity contribution in [3.05, 3.63) is 88.9 Å². The highest BCUT2D eigenvalue weighted by Crippen LogP contribution is 2.29. The van der Waals surface area contributed by atoms with Gasteiger partial charge in [0.25, 0.3) is 0 Å². The van der Waals surface area contributed by atoms with Gasteiger partial charge in [-0.3, -0.25) is 9.69 Å². The molecule has 0 saturated heterocycles. The number of methoxy groups -OCH3 is 1. The number of hydrogen-bond donors (Lipinski definition) is 1. The van der Waals surface area contributed by atoms with Crippen molar-refractivity contribution in [3.63, 3.8) is 0 Å². The third-order valence-electron chi connectivity index (χ3n) is 5.92. The molecule has 1 N–H and O–H groups in total. The van der Waals surface area contributed by atoms with Crippen LogP contribution in [0.25, 0.3) is 10.6 Å². The lowest BCUT2D eigenvalue weighted by Gasteiger charge is -2.20. The number of carboxylic acid groups (broad SMARTS) is 1. The fraction of sp³-hybridized carbons (Fsp3) is 0.241. The van der Waals surface area contributed by atoms with Crippen LogP contribution in [0.15, 0.2) is 72.8 Å². The fourth-order valence-electron chi connectivity index (χ4n) is 3.98. The van der Waals surface area contributed by atoms with Crippen molar-refractivity contribution < 1.29 is 28.9 Å². The summed E-state index contributed by atoms with van der Waals surface area (Å²) in [6.07, 6.45) is -0.753. The number of carboxylic acids is 1. The largest absolute Gasteiger partial charge is 0.497 e. The minimum Gasteiger partial charge on any atom is -0.497 e. The molecule has 0 bridgehead atoms. The fourth-order valence-corrected chi connectivity index (χ4v) is 4.88. The number of carbonyl (C=O) groups excluding carboxylic acids is 1. The molecule has 4 aromatic rings. The second kappa shape index (κ2) is 12.3. The van der Waals surface area contributed by atoms with Crippen molar-refractivity contribution in [2.75, 3.05) is 20.3 Å². The summed E-state index contributed by atoms with van der Waals surface area (Å²) >= 11 is 1.77. The molecule has 2 heterocycles. The van der Waals surface area contributed by atoms with E-state index in [1.807, 2.05) is 24.3 Å². The molecule has 1 amide bonds. The van der Waals surface area contributed by atoms with E-state index in [2.05, 4.69) is 42.7 Å². The van der Waals surface area contributed by atoms with Crippen LogP contribution in [0.5, 0.6) is 17.2 Å². The molecule has 198 valence electrons. The first-order valence-electron chi connectivity index (χ1n) is 12.1. The van der Waals surface area contributed by atoms with Gasteiger partial charge in [0.05, 0.1) is 24.2 Å². The molecule has 0 aliphatic rings. The summed E-state index contributed by atoms with van der Waals surface area (Å²) in [6, 6.07) is 22.3. The van der Waals surface area contributed by atoms with Crippen LogP contribution in [-0.4, -0.2) is 46.9 Å².